The van der Waals surface area contributed by atoms with Crippen molar-refractivity contribution < 1.29 is 28.5 Å². The molecule has 0 aromatic carbocycles. The second kappa shape index (κ2) is 9.26. The first-order valence-electron chi connectivity index (χ1n) is 4.95. The average Bonchev–Trinajstić information content (AvgIpc) is 2.31. The Kier molecular flexibility index (Phi) is 8.18. The highest BCUT2D eigenvalue weighted by atomic mass is 16.7. The fourth-order valence-corrected chi connectivity index (χ4v) is 0.713. The number of hydrogen-bond acceptors (Lipinski definition) is 6. The zero-order valence-corrected chi connectivity index (χ0v) is 9.72. The SMILES string of the molecule is C=CCOC(=O)OCC(C)OC(=O)OCC=C. The van der Waals surface area contributed by atoms with Gasteiger partial charge in [0.15, 0.2) is 0 Å². The van der Waals surface area contributed by atoms with Crippen molar-refractivity contribution in [2.24, 2.45) is 0 Å². The van der Waals surface area contributed by atoms with E-state index in [9.17, 15) is 9.59 Å². The number of ether oxygens (including phenoxy) is 4. The molecule has 0 aliphatic carbocycles. The van der Waals surface area contributed by atoms with Gasteiger partial charge >= 0.3 is 12.3 Å². The second-order valence-electron chi connectivity index (χ2n) is 2.94. The third-order valence-electron chi connectivity index (χ3n) is 1.37. The minimum absolute atomic E-state index is 0.0633. The van der Waals surface area contributed by atoms with E-state index < -0.39 is 18.4 Å². The molecule has 0 amide bonds. The van der Waals surface area contributed by atoms with Crippen molar-refractivity contribution in [3.63, 3.8) is 0 Å². The number of carbonyl (C=O) groups excluding carboxylic acids is 2. The van der Waals surface area contributed by atoms with Crippen LogP contribution in [0.1, 0.15) is 6.92 Å². The first-order chi connectivity index (χ1) is 8.10. The van der Waals surface area contributed by atoms with E-state index in [1.54, 1.807) is 6.92 Å². The van der Waals surface area contributed by atoms with E-state index in [0.717, 1.165) is 0 Å². The molecule has 0 bridgehead atoms. The summed E-state index contributed by atoms with van der Waals surface area (Å²) in [6.07, 6.45) is 0.506. The molecule has 1 atom stereocenters. The lowest BCUT2D eigenvalue weighted by Crippen LogP contribution is -2.23. The Morgan fingerprint density at radius 1 is 1.06 bits per heavy atom. The fourth-order valence-electron chi connectivity index (χ4n) is 0.713. The average molecular weight is 244 g/mol. The molecule has 0 aromatic heterocycles. The molecule has 0 spiro atoms. The lowest BCUT2D eigenvalue weighted by molar-refractivity contribution is -0.00576. The molecule has 0 saturated heterocycles. The molecule has 96 valence electrons. The normalized spacial score (nSPS) is 10.9. The van der Waals surface area contributed by atoms with E-state index in [2.05, 4.69) is 27.4 Å². The molecular weight excluding hydrogens is 228 g/mol. The van der Waals surface area contributed by atoms with Gasteiger partial charge in [0.25, 0.3) is 0 Å². The van der Waals surface area contributed by atoms with Crippen LogP contribution in [-0.4, -0.2) is 38.2 Å². The zero-order chi connectivity index (χ0) is 13.1. The fraction of sp³-hybridized carbons (Fsp3) is 0.455. The predicted molar refractivity (Wildman–Crippen MR) is 59.6 cm³/mol. The molecular formula is C11H16O6. The molecule has 0 radical (unpaired) electrons. The van der Waals surface area contributed by atoms with Crippen molar-refractivity contribution in [2.45, 2.75) is 13.0 Å². The Morgan fingerprint density at radius 2 is 1.59 bits per heavy atom. The molecule has 17 heavy (non-hydrogen) atoms. The summed E-state index contributed by atoms with van der Waals surface area (Å²) in [4.78, 5) is 21.8. The molecule has 1 unspecified atom stereocenters. The number of rotatable bonds is 7. The van der Waals surface area contributed by atoms with Crippen LogP contribution in [0.2, 0.25) is 0 Å². The van der Waals surface area contributed by atoms with Crippen LogP contribution in [0.15, 0.2) is 25.3 Å². The Balaban J connectivity index is 3.67. The molecule has 0 N–H and O–H groups in total. The van der Waals surface area contributed by atoms with Crippen LogP contribution in [0.5, 0.6) is 0 Å². The first kappa shape index (κ1) is 15.0. The Morgan fingerprint density at radius 3 is 2.12 bits per heavy atom. The van der Waals surface area contributed by atoms with Gasteiger partial charge in [-0.25, -0.2) is 9.59 Å². The van der Waals surface area contributed by atoms with Crippen LogP contribution in [0.3, 0.4) is 0 Å². The third kappa shape index (κ3) is 8.98. The molecule has 0 aromatic rings. The summed E-state index contributed by atoms with van der Waals surface area (Å²) in [6, 6.07) is 0. The van der Waals surface area contributed by atoms with Gasteiger partial charge in [-0.1, -0.05) is 25.3 Å². The molecule has 6 heteroatoms. The van der Waals surface area contributed by atoms with Crippen LogP contribution in [-0.2, 0) is 18.9 Å². The summed E-state index contributed by atoms with van der Waals surface area (Å²) >= 11 is 0. The standard InChI is InChI=1S/C11H16O6/c1-4-6-14-10(12)16-8-9(3)17-11(13)15-7-5-2/h4-5,9H,1-2,6-8H2,3H3. The molecule has 0 fully saturated rings. The van der Waals surface area contributed by atoms with Gasteiger partial charge in [-0.05, 0) is 6.92 Å². The van der Waals surface area contributed by atoms with Crippen LogP contribution in [0.25, 0.3) is 0 Å². The maximum absolute atomic E-state index is 11.0. The third-order valence-corrected chi connectivity index (χ3v) is 1.37. The predicted octanol–water partition coefficient (Wildman–Crippen LogP) is 2.05. The lowest BCUT2D eigenvalue weighted by Gasteiger charge is -2.12. The van der Waals surface area contributed by atoms with Crippen LogP contribution in [0.4, 0.5) is 9.59 Å². The van der Waals surface area contributed by atoms with E-state index in [-0.39, 0.29) is 19.8 Å². The molecule has 0 aliphatic rings. The summed E-state index contributed by atoms with van der Waals surface area (Å²) in [5, 5.41) is 0. The quantitative estimate of drug-likeness (QED) is 0.504. The van der Waals surface area contributed by atoms with E-state index in [1.807, 2.05) is 0 Å². The minimum Gasteiger partial charge on any atom is -0.430 e. The lowest BCUT2D eigenvalue weighted by atomic mass is 10.4. The van der Waals surface area contributed by atoms with Crippen molar-refractivity contribution in [1.29, 1.82) is 0 Å². The molecule has 0 saturated carbocycles. The van der Waals surface area contributed by atoms with Crippen molar-refractivity contribution in [2.75, 3.05) is 19.8 Å². The Labute approximate surface area is 99.8 Å². The largest absolute Gasteiger partial charge is 0.508 e. The molecule has 0 aliphatic heterocycles. The highest BCUT2D eigenvalue weighted by molar-refractivity contribution is 5.61. The van der Waals surface area contributed by atoms with Crippen molar-refractivity contribution in [1.82, 2.24) is 0 Å². The summed E-state index contributed by atoms with van der Waals surface area (Å²) in [5.41, 5.74) is 0. The topological polar surface area (TPSA) is 71.1 Å². The second-order valence-corrected chi connectivity index (χ2v) is 2.94. The highest BCUT2D eigenvalue weighted by Gasteiger charge is 2.13. The van der Waals surface area contributed by atoms with E-state index in [1.165, 1.54) is 12.2 Å². The molecule has 0 heterocycles. The van der Waals surface area contributed by atoms with Crippen molar-refractivity contribution in [3.05, 3.63) is 25.3 Å². The van der Waals surface area contributed by atoms with Crippen molar-refractivity contribution >= 4 is 12.3 Å². The van der Waals surface area contributed by atoms with Crippen LogP contribution < -0.4 is 0 Å². The maximum atomic E-state index is 11.0. The summed E-state index contributed by atoms with van der Waals surface area (Å²) in [7, 11) is 0. The van der Waals surface area contributed by atoms with Gasteiger partial charge in [-0.2, -0.15) is 0 Å². The summed E-state index contributed by atoms with van der Waals surface area (Å²) in [6.45, 7) is 8.31. The molecule has 6 nitrogen and oxygen atoms in total. The van der Waals surface area contributed by atoms with Gasteiger partial charge < -0.3 is 18.9 Å². The van der Waals surface area contributed by atoms with Gasteiger partial charge in [0.05, 0.1) is 0 Å². The number of hydrogen-bond donors (Lipinski definition) is 0. The van der Waals surface area contributed by atoms with E-state index >= 15 is 0 Å². The first-order valence-corrected chi connectivity index (χ1v) is 4.95. The van der Waals surface area contributed by atoms with E-state index in [0.29, 0.717) is 0 Å². The monoisotopic (exact) mass is 244 g/mol. The highest BCUT2D eigenvalue weighted by Crippen LogP contribution is 1.97. The van der Waals surface area contributed by atoms with E-state index in [4.69, 9.17) is 4.74 Å². The van der Waals surface area contributed by atoms with Crippen molar-refractivity contribution in [3.8, 4) is 0 Å². The van der Waals surface area contributed by atoms with Gasteiger partial charge in [0.1, 0.15) is 25.9 Å². The maximum Gasteiger partial charge on any atom is 0.508 e. The zero-order valence-electron chi connectivity index (χ0n) is 9.72. The summed E-state index contributed by atoms with van der Waals surface area (Å²) < 4.78 is 18.5. The van der Waals surface area contributed by atoms with Crippen LogP contribution in [0, 0.1) is 0 Å². The summed E-state index contributed by atoms with van der Waals surface area (Å²) in [5.74, 6) is 0. The van der Waals surface area contributed by atoms with Gasteiger partial charge in [0, 0.05) is 0 Å². The van der Waals surface area contributed by atoms with Gasteiger partial charge in [-0.15, -0.1) is 0 Å². The Hall–Kier alpha value is -1.98. The number of carbonyl (C=O) groups is 2. The molecule has 0 rings (SSSR count). The van der Waals surface area contributed by atoms with Crippen LogP contribution >= 0.6 is 0 Å². The Bertz CT molecular complexity index is 273. The van der Waals surface area contributed by atoms with Gasteiger partial charge in [0.2, 0.25) is 0 Å². The van der Waals surface area contributed by atoms with Gasteiger partial charge in [-0.3, -0.25) is 0 Å². The smallest absolute Gasteiger partial charge is 0.430 e. The minimum atomic E-state index is -0.847.